The molecule has 4 rings (SSSR count). The van der Waals surface area contributed by atoms with Crippen LogP contribution in [0.3, 0.4) is 0 Å². The summed E-state index contributed by atoms with van der Waals surface area (Å²) < 4.78 is 6.66. The molecule has 0 saturated carbocycles. The van der Waals surface area contributed by atoms with E-state index >= 15 is 0 Å². The van der Waals surface area contributed by atoms with E-state index in [4.69, 9.17) is 4.74 Å². The Morgan fingerprint density at radius 2 is 0.829 bits per heavy atom. The van der Waals surface area contributed by atoms with Crippen LogP contribution in [0.15, 0.2) is 121 Å². The second-order valence-corrected chi connectivity index (χ2v) is 8.09. The third kappa shape index (κ3) is 6.83. The van der Waals surface area contributed by atoms with Gasteiger partial charge in [-0.15, -0.1) is 0 Å². The standard InChI is InChI=1S/C32H26O3/c33-23-27-11-17-29(18-12-27)31(21-15-25-7-3-1-4-8-25)35-32(22-16-26-9-5-2-6-10-26)30-19-13-28(24-34)14-20-30/h1-24,31-32H. The zero-order valence-electron chi connectivity index (χ0n) is 19.2. The lowest BCUT2D eigenvalue weighted by Crippen LogP contribution is -2.08. The summed E-state index contributed by atoms with van der Waals surface area (Å²) in [6.45, 7) is 0. The Balaban J connectivity index is 1.69. The Hall–Kier alpha value is -4.34. The van der Waals surface area contributed by atoms with Crippen LogP contribution in [-0.4, -0.2) is 12.6 Å². The minimum absolute atomic E-state index is 0.368. The number of hydrogen-bond donors (Lipinski definition) is 0. The summed E-state index contributed by atoms with van der Waals surface area (Å²) in [6.07, 6.45) is 9.04. The smallest absolute Gasteiger partial charge is 0.150 e. The molecule has 4 aromatic rings. The topological polar surface area (TPSA) is 43.4 Å². The Morgan fingerprint density at radius 3 is 1.17 bits per heavy atom. The van der Waals surface area contributed by atoms with Gasteiger partial charge in [-0.2, -0.15) is 0 Å². The van der Waals surface area contributed by atoms with Gasteiger partial charge in [-0.05, 0) is 22.3 Å². The van der Waals surface area contributed by atoms with Gasteiger partial charge in [0.25, 0.3) is 0 Å². The third-order valence-corrected chi connectivity index (χ3v) is 5.62. The Labute approximate surface area is 206 Å². The second kappa shape index (κ2) is 12.2. The summed E-state index contributed by atoms with van der Waals surface area (Å²) in [5.74, 6) is 0. The highest BCUT2D eigenvalue weighted by Gasteiger charge is 2.17. The molecule has 2 atom stereocenters. The minimum Gasteiger partial charge on any atom is -0.357 e. The van der Waals surface area contributed by atoms with Gasteiger partial charge in [0.1, 0.15) is 24.8 Å². The molecule has 0 aliphatic heterocycles. The van der Waals surface area contributed by atoms with Crippen LogP contribution >= 0.6 is 0 Å². The molecule has 0 aliphatic carbocycles. The first kappa shape index (κ1) is 23.8. The molecule has 172 valence electrons. The maximum absolute atomic E-state index is 11.2. The van der Waals surface area contributed by atoms with E-state index in [0.29, 0.717) is 11.1 Å². The normalized spacial score (nSPS) is 13.0. The number of carbonyl (C=O) groups is 2. The van der Waals surface area contributed by atoms with Crippen molar-refractivity contribution in [2.24, 2.45) is 0 Å². The Kier molecular flexibility index (Phi) is 8.31. The Morgan fingerprint density at radius 1 is 0.457 bits per heavy atom. The predicted molar refractivity (Wildman–Crippen MR) is 141 cm³/mol. The number of carbonyl (C=O) groups excluding carboxylic acids is 2. The van der Waals surface area contributed by atoms with Crippen LogP contribution < -0.4 is 0 Å². The SMILES string of the molecule is O=Cc1ccc(C(C=Cc2ccccc2)OC(C=Cc2ccccc2)c2ccc(C=O)cc2)cc1. The fourth-order valence-corrected chi connectivity index (χ4v) is 3.68. The average molecular weight is 459 g/mol. The van der Waals surface area contributed by atoms with Gasteiger partial charge >= 0.3 is 0 Å². The molecule has 0 spiro atoms. The van der Waals surface area contributed by atoms with Gasteiger partial charge < -0.3 is 4.74 Å². The fourth-order valence-electron chi connectivity index (χ4n) is 3.68. The highest BCUT2D eigenvalue weighted by Crippen LogP contribution is 2.30. The highest BCUT2D eigenvalue weighted by molar-refractivity contribution is 5.75. The zero-order chi connectivity index (χ0) is 24.3. The van der Waals surface area contributed by atoms with Crippen LogP contribution in [0.25, 0.3) is 12.2 Å². The molecule has 3 nitrogen and oxygen atoms in total. The van der Waals surface area contributed by atoms with Crippen molar-refractivity contribution in [3.05, 3.63) is 155 Å². The molecule has 0 N–H and O–H groups in total. The molecule has 3 heteroatoms. The molecule has 0 bridgehead atoms. The van der Waals surface area contributed by atoms with Crippen LogP contribution in [0, 0.1) is 0 Å². The summed E-state index contributed by atoms with van der Waals surface area (Å²) >= 11 is 0. The molecule has 0 fully saturated rings. The summed E-state index contributed by atoms with van der Waals surface area (Å²) in [7, 11) is 0. The molecule has 2 unspecified atom stereocenters. The molecule has 4 aromatic carbocycles. The lowest BCUT2D eigenvalue weighted by molar-refractivity contribution is 0.0408. The number of rotatable bonds is 10. The zero-order valence-corrected chi connectivity index (χ0v) is 19.2. The molecule has 0 radical (unpaired) electrons. The molecular weight excluding hydrogens is 432 g/mol. The summed E-state index contributed by atoms with van der Waals surface area (Å²) in [5.41, 5.74) is 5.24. The Bertz CT molecular complexity index is 1170. The summed E-state index contributed by atoms with van der Waals surface area (Å²) in [5, 5.41) is 0. The number of hydrogen-bond acceptors (Lipinski definition) is 3. The molecule has 0 amide bonds. The average Bonchev–Trinajstić information content (AvgIpc) is 2.94. The predicted octanol–water partition coefficient (Wildman–Crippen LogP) is 7.54. The molecule has 35 heavy (non-hydrogen) atoms. The molecule has 0 saturated heterocycles. The van der Waals surface area contributed by atoms with Crippen molar-refractivity contribution in [2.75, 3.05) is 0 Å². The van der Waals surface area contributed by atoms with E-state index in [1.165, 1.54) is 0 Å². The van der Waals surface area contributed by atoms with Crippen LogP contribution in [-0.2, 0) is 4.74 Å². The maximum Gasteiger partial charge on any atom is 0.150 e. The monoisotopic (exact) mass is 458 g/mol. The third-order valence-electron chi connectivity index (χ3n) is 5.62. The second-order valence-electron chi connectivity index (χ2n) is 8.09. The summed E-state index contributed by atoms with van der Waals surface area (Å²) in [6, 6.07) is 34.9. The first-order chi connectivity index (χ1) is 17.2. The highest BCUT2D eigenvalue weighted by atomic mass is 16.5. The van der Waals surface area contributed by atoms with Crippen molar-refractivity contribution < 1.29 is 14.3 Å². The van der Waals surface area contributed by atoms with E-state index in [9.17, 15) is 9.59 Å². The van der Waals surface area contributed by atoms with E-state index in [1.54, 1.807) is 24.3 Å². The lowest BCUT2D eigenvalue weighted by Gasteiger charge is -2.22. The van der Waals surface area contributed by atoms with Crippen LogP contribution in [0.2, 0.25) is 0 Å². The number of ether oxygens (including phenoxy) is 1. The first-order valence-corrected chi connectivity index (χ1v) is 11.5. The largest absolute Gasteiger partial charge is 0.357 e. The van der Waals surface area contributed by atoms with E-state index < -0.39 is 0 Å². The van der Waals surface area contributed by atoms with Crippen molar-refractivity contribution >= 4 is 24.7 Å². The van der Waals surface area contributed by atoms with Crippen molar-refractivity contribution in [3.63, 3.8) is 0 Å². The van der Waals surface area contributed by atoms with Crippen LogP contribution in [0.4, 0.5) is 0 Å². The van der Waals surface area contributed by atoms with E-state index in [2.05, 4.69) is 0 Å². The van der Waals surface area contributed by atoms with Gasteiger partial charge in [-0.25, -0.2) is 0 Å². The minimum atomic E-state index is -0.368. The number of benzene rings is 4. The van der Waals surface area contributed by atoms with E-state index in [1.807, 2.05) is 109 Å². The van der Waals surface area contributed by atoms with Gasteiger partial charge in [0.15, 0.2) is 0 Å². The van der Waals surface area contributed by atoms with Gasteiger partial charge in [0, 0.05) is 11.1 Å². The first-order valence-electron chi connectivity index (χ1n) is 11.5. The van der Waals surface area contributed by atoms with E-state index in [0.717, 1.165) is 34.8 Å². The van der Waals surface area contributed by atoms with Crippen molar-refractivity contribution in [2.45, 2.75) is 12.2 Å². The fraction of sp³-hybridized carbons (Fsp3) is 0.0625. The van der Waals surface area contributed by atoms with Crippen molar-refractivity contribution in [1.82, 2.24) is 0 Å². The maximum atomic E-state index is 11.2. The molecule has 0 heterocycles. The molecule has 0 aliphatic rings. The number of aldehydes is 2. The molecular formula is C32H26O3. The van der Waals surface area contributed by atoms with Gasteiger partial charge in [0.05, 0.1) is 0 Å². The van der Waals surface area contributed by atoms with Crippen molar-refractivity contribution in [3.8, 4) is 0 Å². The quantitative estimate of drug-likeness (QED) is 0.231. The molecule has 0 aromatic heterocycles. The van der Waals surface area contributed by atoms with Crippen molar-refractivity contribution in [1.29, 1.82) is 0 Å². The van der Waals surface area contributed by atoms with Gasteiger partial charge in [-0.1, -0.05) is 133 Å². The van der Waals surface area contributed by atoms with Gasteiger partial charge in [-0.3, -0.25) is 9.59 Å². The van der Waals surface area contributed by atoms with Crippen LogP contribution in [0.1, 0.15) is 55.2 Å². The van der Waals surface area contributed by atoms with Crippen LogP contribution in [0.5, 0.6) is 0 Å². The lowest BCUT2D eigenvalue weighted by atomic mass is 10.0. The van der Waals surface area contributed by atoms with E-state index in [-0.39, 0.29) is 12.2 Å². The summed E-state index contributed by atoms with van der Waals surface area (Å²) in [4.78, 5) is 22.3. The van der Waals surface area contributed by atoms with Gasteiger partial charge in [0.2, 0.25) is 0 Å².